The first-order valence-corrected chi connectivity index (χ1v) is 8.49. The lowest BCUT2D eigenvalue weighted by atomic mass is 9.78. The van der Waals surface area contributed by atoms with E-state index in [4.69, 9.17) is 4.74 Å². The van der Waals surface area contributed by atoms with E-state index in [1.807, 2.05) is 0 Å². The first kappa shape index (κ1) is 11.6. The molecular weight excluding hydrogens is 252 g/mol. The van der Waals surface area contributed by atoms with Crippen LogP contribution in [0.1, 0.15) is 19.3 Å². The van der Waals surface area contributed by atoms with Crippen LogP contribution < -0.4 is 5.32 Å². The third kappa shape index (κ3) is 1.52. The number of ether oxygens (including phenoxy) is 1. The summed E-state index contributed by atoms with van der Waals surface area (Å²) in [4.78, 5) is 0. The second kappa shape index (κ2) is 3.91. The van der Waals surface area contributed by atoms with E-state index < -0.39 is 10.0 Å². The number of sulfonamides is 1. The molecule has 4 heterocycles. The lowest BCUT2D eigenvalue weighted by Crippen LogP contribution is -2.56. The lowest BCUT2D eigenvalue weighted by molar-refractivity contribution is -0.0862. The summed E-state index contributed by atoms with van der Waals surface area (Å²) in [6, 6.07) is 0.202. The molecule has 5 aliphatic rings. The van der Waals surface area contributed by atoms with E-state index in [1.54, 1.807) is 4.31 Å². The largest absolute Gasteiger partial charge is 0.377 e. The summed E-state index contributed by atoms with van der Waals surface area (Å²) in [5.74, 6) is 0.876. The Balaban J connectivity index is 1.58. The van der Waals surface area contributed by atoms with Gasteiger partial charge >= 0.3 is 0 Å². The molecule has 5 rings (SSSR count). The quantitative estimate of drug-likeness (QED) is 0.755. The Morgan fingerprint density at radius 1 is 1.17 bits per heavy atom. The van der Waals surface area contributed by atoms with E-state index in [2.05, 4.69) is 5.32 Å². The summed E-state index contributed by atoms with van der Waals surface area (Å²) in [6.07, 6.45) is 3.26. The minimum Gasteiger partial charge on any atom is -0.377 e. The number of hydrogen-bond donors (Lipinski definition) is 1. The second-order valence-corrected chi connectivity index (χ2v) is 8.26. The van der Waals surface area contributed by atoms with Crippen LogP contribution in [0.25, 0.3) is 0 Å². The minimum atomic E-state index is -3.16. The van der Waals surface area contributed by atoms with Gasteiger partial charge in [-0.1, -0.05) is 0 Å². The fourth-order valence-electron chi connectivity index (χ4n) is 4.04. The molecule has 0 spiro atoms. The van der Waals surface area contributed by atoms with Crippen molar-refractivity contribution in [2.24, 2.45) is 11.8 Å². The van der Waals surface area contributed by atoms with Crippen LogP contribution in [0, 0.1) is 11.8 Å². The van der Waals surface area contributed by atoms with E-state index in [-0.39, 0.29) is 11.3 Å². The maximum absolute atomic E-state index is 12.8. The molecule has 5 nitrogen and oxygen atoms in total. The highest BCUT2D eigenvalue weighted by atomic mass is 32.2. The van der Waals surface area contributed by atoms with Crippen LogP contribution in [0.2, 0.25) is 0 Å². The predicted octanol–water partition coefficient (Wildman–Crippen LogP) is -0.213. The Bertz CT molecular complexity index is 443. The minimum absolute atomic E-state index is 0.202. The van der Waals surface area contributed by atoms with Crippen molar-refractivity contribution in [3.05, 3.63) is 0 Å². The molecule has 0 radical (unpaired) electrons. The molecule has 1 saturated carbocycles. The van der Waals surface area contributed by atoms with Crippen molar-refractivity contribution in [3.63, 3.8) is 0 Å². The van der Waals surface area contributed by atoms with Crippen LogP contribution in [0.3, 0.4) is 0 Å². The molecule has 5 fully saturated rings. The van der Waals surface area contributed by atoms with Gasteiger partial charge in [0.05, 0.1) is 12.7 Å². The van der Waals surface area contributed by atoms with Crippen molar-refractivity contribution in [2.75, 3.05) is 26.2 Å². The van der Waals surface area contributed by atoms with E-state index >= 15 is 0 Å². The van der Waals surface area contributed by atoms with Gasteiger partial charge in [-0.25, -0.2) is 8.42 Å². The van der Waals surface area contributed by atoms with Crippen molar-refractivity contribution >= 4 is 10.0 Å². The molecule has 3 atom stereocenters. The van der Waals surface area contributed by atoms with Crippen molar-refractivity contribution in [1.82, 2.24) is 9.62 Å². The first-order valence-electron chi connectivity index (χ1n) is 6.99. The number of rotatable bonds is 2. The molecule has 6 heteroatoms. The monoisotopic (exact) mass is 272 g/mol. The number of hydrogen-bond acceptors (Lipinski definition) is 4. The van der Waals surface area contributed by atoms with Crippen molar-refractivity contribution in [2.45, 2.75) is 36.7 Å². The maximum atomic E-state index is 12.8. The van der Waals surface area contributed by atoms with E-state index in [9.17, 15) is 8.42 Å². The smallest absolute Gasteiger partial charge is 0.219 e. The fraction of sp³-hybridized carbons (Fsp3) is 1.00. The van der Waals surface area contributed by atoms with Gasteiger partial charge in [0, 0.05) is 19.1 Å². The third-order valence-corrected chi connectivity index (χ3v) is 7.65. The van der Waals surface area contributed by atoms with E-state index in [1.165, 1.54) is 0 Å². The molecule has 102 valence electrons. The Morgan fingerprint density at radius 2 is 2.00 bits per heavy atom. The molecule has 1 aliphatic carbocycles. The summed E-state index contributed by atoms with van der Waals surface area (Å²) in [6.45, 7) is 2.93. The molecule has 1 N–H and O–H groups in total. The standard InChI is InChI=1S/C12H20N2O3S/c15-18(16,12-7-17-10-3-9(12)4-10)14-2-1-8-5-13-6-11(8)14/h8-13H,1-7H2/t8-,9?,10?,11+,12?/m1/s1. The summed E-state index contributed by atoms with van der Waals surface area (Å²) in [7, 11) is -3.16. The average molecular weight is 272 g/mol. The molecule has 0 aromatic heterocycles. The fourth-order valence-corrected chi connectivity index (χ4v) is 6.33. The number of nitrogens with zero attached hydrogens (tertiary/aromatic N) is 1. The van der Waals surface area contributed by atoms with Gasteiger partial charge in [-0.2, -0.15) is 4.31 Å². The van der Waals surface area contributed by atoms with Crippen LogP contribution in [0.4, 0.5) is 0 Å². The van der Waals surface area contributed by atoms with E-state index in [0.29, 0.717) is 31.1 Å². The topological polar surface area (TPSA) is 58.6 Å². The highest BCUT2D eigenvalue weighted by Crippen LogP contribution is 2.43. The van der Waals surface area contributed by atoms with Crippen molar-refractivity contribution < 1.29 is 13.2 Å². The van der Waals surface area contributed by atoms with Gasteiger partial charge in [0.1, 0.15) is 5.25 Å². The predicted molar refractivity (Wildman–Crippen MR) is 66.6 cm³/mol. The van der Waals surface area contributed by atoms with Crippen LogP contribution in [-0.4, -0.2) is 56.4 Å². The summed E-state index contributed by atoms with van der Waals surface area (Å²) >= 11 is 0. The van der Waals surface area contributed by atoms with Gasteiger partial charge < -0.3 is 10.1 Å². The summed E-state index contributed by atoms with van der Waals surface area (Å²) < 4.78 is 32.9. The summed E-state index contributed by atoms with van der Waals surface area (Å²) in [5, 5.41) is 3.04. The second-order valence-electron chi connectivity index (χ2n) is 6.16. The van der Waals surface area contributed by atoms with Gasteiger partial charge in [-0.15, -0.1) is 0 Å². The number of nitrogens with one attached hydrogen (secondary N) is 1. The Morgan fingerprint density at radius 3 is 2.72 bits per heavy atom. The highest BCUT2D eigenvalue weighted by molar-refractivity contribution is 7.89. The Kier molecular flexibility index (Phi) is 2.53. The van der Waals surface area contributed by atoms with Gasteiger partial charge in [0.2, 0.25) is 10.0 Å². The molecule has 4 aliphatic heterocycles. The molecular formula is C12H20N2O3S. The molecule has 1 unspecified atom stereocenters. The van der Waals surface area contributed by atoms with Gasteiger partial charge in [-0.05, 0) is 37.6 Å². The molecule has 2 bridgehead atoms. The van der Waals surface area contributed by atoms with Crippen LogP contribution in [0.15, 0.2) is 0 Å². The van der Waals surface area contributed by atoms with Gasteiger partial charge in [-0.3, -0.25) is 0 Å². The summed E-state index contributed by atoms with van der Waals surface area (Å²) in [5.41, 5.74) is 0. The van der Waals surface area contributed by atoms with Crippen LogP contribution in [-0.2, 0) is 14.8 Å². The number of fused-ring (bicyclic) bond motifs is 3. The average Bonchev–Trinajstić information content (AvgIpc) is 2.89. The van der Waals surface area contributed by atoms with E-state index in [0.717, 1.165) is 32.4 Å². The Hall–Kier alpha value is -0.170. The molecule has 0 aromatic rings. The zero-order chi connectivity index (χ0) is 12.3. The molecule has 0 amide bonds. The Labute approximate surface area is 108 Å². The van der Waals surface area contributed by atoms with Crippen molar-refractivity contribution in [3.8, 4) is 0 Å². The van der Waals surface area contributed by atoms with Crippen LogP contribution in [0.5, 0.6) is 0 Å². The zero-order valence-corrected chi connectivity index (χ0v) is 11.2. The third-order valence-electron chi connectivity index (χ3n) is 5.26. The maximum Gasteiger partial charge on any atom is 0.219 e. The van der Waals surface area contributed by atoms with Gasteiger partial charge in [0.25, 0.3) is 0 Å². The first-order chi connectivity index (χ1) is 8.66. The van der Waals surface area contributed by atoms with Crippen molar-refractivity contribution in [1.29, 1.82) is 0 Å². The highest BCUT2D eigenvalue weighted by Gasteiger charge is 2.52. The normalized spacial score (nSPS) is 47.9. The molecule has 4 saturated heterocycles. The zero-order valence-electron chi connectivity index (χ0n) is 10.4. The van der Waals surface area contributed by atoms with Crippen LogP contribution >= 0.6 is 0 Å². The SMILES string of the molecule is O=S(=O)(C1COC2CC1C2)N1CC[C@@H]2CNC[C@@H]21. The molecule has 18 heavy (non-hydrogen) atoms. The molecule has 0 aromatic carbocycles. The lowest BCUT2D eigenvalue weighted by Gasteiger charge is -2.46. The van der Waals surface area contributed by atoms with Gasteiger partial charge in [0.15, 0.2) is 0 Å².